The summed E-state index contributed by atoms with van der Waals surface area (Å²) in [6.45, 7) is -3.11. The molecule has 0 amide bonds. The van der Waals surface area contributed by atoms with Crippen LogP contribution in [0.25, 0.3) is 11.1 Å². The van der Waals surface area contributed by atoms with Crippen molar-refractivity contribution in [2.45, 2.75) is 17.0 Å². The molecule has 0 spiro atoms. The van der Waals surface area contributed by atoms with Gasteiger partial charge in [-0.2, -0.15) is 26.9 Å². The van der Waals surface area contributed by atoms with Crippen LogP contribution in [0.5, 0.6) is 6.08 Å². The van der Waals surface area contributed by atoms with Crippen LogP contribution in [0.2, 0.25) is 0 Å². The van der Waals surface area contributed by atoms with Crippen molar-refractivity contribution >= 4 is 22.9 Å². The first-order chi connectivity index (χ1) is 8.33. The molecule has 98 valence electrons. The molecular formula is C9H4F5NO2S. The van der Waals surface area contributed by atoms with Gasteiger partial charge in [-0.3, -0.25) is 0 Å². The van der Waals surface area contributed by atoms with E-state index >= 15 is 0 Å². The van der Waals surface area contributed by atoms with E-state index in [1.165, 1.54) is 6.07 Å². The molecule has 0 saturated heterocycles. The van der Waals surface area contributed by atoms with Crippen LogP contribution in [0.4, 0.5) is 22.0 Å². The second-order valence-corrected chi connectivity index (χ2v) is 4.17. The van der Waals surface area contributed by atoms with Gasteiger partial charge in [0.25, 0.3) is 0 Å². The zero-order chi connectivity index (χ0) is 13.3. The summed E-state index contributed by atoms with van der Waals surface area (Å²) in [4.78, 5) is 3.38. The fourth-order valence-corrected chi connectivity index (χ4v) is 1.78. The summed E-state index contributed by atoms with van der Waals surface area (Å²) >= 11 is -0.332. The molecule has 0 unspecified atom stereocenters. The third-order valence-corrected chi connectivity index (χ3v) is 2.48. The number of ether oxygens (including phenoxy) is 1. The molecule has 0 N–H and O–H groups in total. The Hall–Kier alpha value is -1.51. The lowest BCUT2D eigenvalue weighted by atomic mass is 10.3. The van der Waals surface area contributed by atoms with E-state index < -0.39 is 18.2 Å². The van der Waals surface area contributed by atoms with Crippen molar-refractivity contribution in [1.82, 2.24) is 4.98 Å². The maximum Gasteiger partial charge on any atom is 0.446 e. The van der Waals surface area contributed by atoms with E-state index in [1.54, 1.807) is 0 Å². The molecular weight excluding hydrogens is 281 g/mol. The van der Waals surface area contributed by atoms with Gasteiger partial charge >= 0.3 is 18.2 Å². The van der Waals surface area contributed by atoms with Gasteiger partial charge < -0.3 is 9.15 Å². The number of fused-ring (bicyclic) bond motifs is 1. The largest absolute Gasteiger partial charge is 0.446 e. The van der Waals surface area contributed by atoms with E-state index in [-0.39, 0.29) is 27.8 Å². The molecule has 0 atom stereocenters. The fourth-order valence-electron chi connectivity index (χ4n) is 1.21. The molecule has 0 aliphatic rings. The predicted octanol–water partition coefficient (Wildman–Crippen LogP) is 4.04. The Kier molecular flexibility index (Phi) is 3.33. The van der Waals surface area contributed by atoms with Gasteiger partial charge in [0.15, 0.2) is 5.58 Å². The van der Waals surface area contributed by atoms with Crippen molar-refractivity contribution in [3.63, 3.8) is 0 Å². The number of aromatic nitrogens is 1. The number of hydrogen-bond acceptors (Lipinski definition) is 4. The minimum Gasteiger partial charge on any atom is -0.409 e. The highest BCUT2D eigenvalue weighted by atomic mass is 32.2. The summed E-state index contributed by atoms with van der Waals surface area (Å²) in [5.41, 5.74) is -4.35. The third-order valence-electron chi connectivity index (χ3n) is 1.76. The van der Waals surface area contributed by atoms with E-state index in [2.05, 4.69) is 9.72 Å². The molecule has 1 heterocycles. The van der Waals surface area contributed by atoms with Crippen LogP contribution in [-0.2, 0) is 0 Å². The quantitative estimate of drug-likeness (QED) is 0.629. The number of benzene rings is 1. The lowest BCUT2D eigenvalue weighted by Gasteiger charge is -2.04. The average Bonchev–Trinajstić information content (AvgIpc) is 2.55. The number of rotatable bonds is 3. The van der Waals surface area contributed by atoms with E-state index in [0.717, 1.165) is 12.1 Å². The molecule has 2 aromatic rings. The Morgan fingerprint density at radius 1 is 1.28 bits per heavy atom. The number of halogens is 5. The highest BCUT2D eigenvalue weighted by Gasteiger charge is 2.29. The number of nitrogens with zero attached hydrogens (tertiary/aromatic N) is 1. The van der Waals surface area contributed by atoms with Crippen molar-refractivity contribution in [3.8, 4) is 6.08 Å². The van der Waals surface area contributed by atoms with Gasteiger partial charge in [0.05, 0.1) is 0 Å². The monoisotopic (exact) mass is 285 g/mol. The van der Waals surface area contributed by atoms with Gasteiger partial charge in [0.2, 0.25) is 0 Å². The molecule has 0 bridgehead atoms. The van der Waals surface area contributed by atoms with Crippen LogP contribution >= 0.6 is 11.8 Å². The Morgan fingerprint density at radius 2 is 2.00 bits per heavy atom. The van der Waals surface area contributed by atoms with E-state index in [9.17, 15) is 22.0 Å². The molecule has 3 nitrogen and oxygen atoms in total. The van der Waals surface area contributed by atoms with Gasteiger partial charge in [0.1, 0.15) is 5.52 Å². The SMILES string of the molecule is FC(F)Oc1nc2cc(SC(F)(F)F)ccc2o1. The minimum absolute atomic E-state index is 0.0138. The van der Waals surface area contributed by atoms with E-state index in [1.807, 2.05) is 0 Å². The Balaban J connectivity index is 2.28. The number of thioether (sulfide) groups is 1. The summed E-state index contributed by atoms with van der Waals surface area (Å²) in [6, 6.07) is 3.43. The topological polar surface area (TPSA) is 35.3 Å². The van der Waals surface area contributed by atoms with Crippen molar-refractivity contribution in [1.29, 1.82) is 0 Å². The summed E-state index contributed by atoms with van der Waals surface area (Å²) < 4.78 is 68.8. The molecule has 9 heteroatoms. The van der Waals surface area contributed by atoms with E-state index in [0.29, 0.717) is 0 Å². The first-order valence-corrected chi connectivity index (χ1v) is 5.26. The van der Waals surface area contributed by atoms with Gasteiger partial charge in [0, 0.05) is 4.90 Å². The minimum atomic E-state index is -4.43. The molecule has 0 aliphatic heterocycles. The number of oxazole rings is 1. The molecule has 18 heavy (non-hydrogen) atoms. The maximum absolute atomic E-state index is 12.1. The number of alkyl halides is 5. The van der Waals surface area contributed by atoms with Crippen LogP contribution in [0.1, 0.15) is 0 Å². The van der Waals surface area contributed by atoms with Crippen LogP contribution in [-0.4, -0.2) is 17.1 Å². The van der Waals surface area contributed by atoms with Crippen LogP contribution in [0, 0.1) is 0 Å². The highest BCUT2D eigenvalue weighted by molar-refractivity contribution is 8.00. The Morgan fingerprint density at radius 3 is 2.61 bits per heavy atom. The zero-order valence-corrected chi connectivity index (χ0v) is 9.19. The van der Waals surface area contributed by atoms with E-state index in [4.69, 9.17) is 4.42 Å². The molecule has 0 saturated carbocycles. The first kappa shape index (κ1) is 12.9. The standard InChI is InChI=1S/C9H4F5NO2S/c10-7(11)17-8-15-5-3-4(18-9(12,13)14)1-2-6(5)16-8/h1-3,7H. The highest BCUT2D eigenvalue weighted by Crippen LogP contribution is 2.38. The zero-order valence-electron chi connectivity index (χ0n) is 8.37. The number of hydrogen-bond donors (Lipinski definition) is 0. The van der Waals surface area contributed by atoms with Crippen molar-refractivity contribution in [2.75, 3.05) is 0 Å². The van der Waals surface area contributed by atoms with Gasteiger partial charge in [-0.1, -0.05) is 0 Å². The molecule has 1 aromatic heterocycles. The second-order valence-electron chi connectivity index (χ2n) is 3.04. The second kappa shape index (κ2) is 4.63. The summed E-state index contributed by atoms with van der Waals surface area (Å²) in [7, 11) is 0. The van der Waals surface area contributed by atoms with Crippen molar-refractivity contribution < 1.29 is 31.1 Å². The molecule has 0 radical (unpaired) electrons. The van der Waals surface area contributed by atoms with Crippen LogP contribution in [0.3, 0.4) is 0 Å². The average molecular weight is 285 g/mol. The third kappa shape index (κ3) is 3.25. The summed E-state index contributed by atoms with van der Waals surface area (Å²) in [5, 5.41) is 0. The summed E-state index contributed by atoms with van der Waals surface area (Å²) in [6.07, 6.45) is -0.686. The Labute approximate surface area is 101 Å². The van der Waals surface area contributed by atoms with Gasteiger partial charge in [-0.15, -0.1) is 0 Å². The molecule has 1 aromatic carbocycles. The lowest BCUT2D eigenvalue weighted by Crippen LogP contribution is -2.01. The maximum atomic E-state index is 12.1. The first-order valence-electron chi connectivity index (χ1n) is 4.44. The summed E-state index contributed by atoms with van der Waals surface area (Å²) in [5.74, 6) is 0. The predicted molar refractivity (Wildman–Crippen MR) is 52.6 cm³/mol. The lowest BCUT2D eigenvalue weighted by molar-refractivity contribution is -0.0664. The fraction of sp³-hybridized carbons (Fsp3) is 0.222. The van der Waals surface area contributed by atoms with Crippen molar-refractivity contribution in [2.24, 2.45) is 0 Å². The Bertz CT molecular complexity index is 553. The van der Waals surface area contributed by atoms with Gasteiger partial charge in [-0.05, 0) is 30.0 Å². The molecule has 0 aliphatic carbocycles. The van der Waals surface area contributed by atoms with Crippen LogP contribution < -0.4 is 4.74 Å². The smallest absolute Gasteiger partial charge is 0.409 e. The van der Waals surface area contributed by atoms with Crippen LogP contribution in [0.15, 0.2) is 27.5 Å². The molecule has 2 rings (SSSR count). The molecule has 0 fully saturated rings. The van der Waals surface area contributed by atoms with Gasteiger partial charge in [-0.25, -0.2) is 0 Å². The van der Waals surface area contributed by atoms with Crippen molar-refractivity contribution in [3.05, 3.63) is 18.2 Å². The normalized spacial score (nSPS) is 12.3.